The summed E-state index contributed by atoms with van der Waals surface area (Å²) in [6.07, 6.45) is -0.906. The zero-order valence-electron chi connectivity index (χ0n) is 9.47. The van der Waals surface area contributed by atoms with Crippen LogP contribution >= 0.6 is 0 Å². The van der Waals surface area contributed by atoms with E-state index < -0.39 is 12.1 Å². The Kier molecular flexibility index (Phi) is 3.19. The molecule has 5 heteroatoms. The van der Waals surface area contributed by atoms with Crippen molar-refractivity contribution < 1.29 is 24.5 Å². The standard InChI is InChI=1S/C12H14O5/c1-2-7-5-9-10(17-4-3-16-9)6-8(7)11(13)12(14)15/h5-6,11,13H,2-4H2,1H3,(H,14,15). The van der Waals surface area contributed by atoms with E-state index in [1.807, 2.05) is 6.92 Å². The lowest BCUT2D eigenvalue weighted by molar-refractivity contribution is -0.147. The molecule has 0 radical (unpaired) electrons. The second-order valence-corrected chi connectivity index (χ2v) is 3.79. The van der Waals surface area contributed by atoms with Gasteiger partial charge in [0.25, 0.3) is 0 Å². The Morgan fingerprint density at radius 3 is 2.47 bits per heavy atom. The van der Waals surface area contributed by atoms with Crippen LogP contribution < -0.4 is 9.47 Å². The van der Waals surface area contributed by atoms with E-state index in [9.17, 15) is 9.90 Å². The first-order valence-corrected chi connectivity index (χ1v) is 5.46. The molecular formula is C12H14O5. The molecule has 0 aliphatic carbocycles. The Morgan fingerprint density at radius 2 is 1.94 bits per heavy atom. The molecule has 1 aromatic rings. The van der Waals surface area contributed by atoms with Gasteiger partial charge in [0.1, 0.15) is 13.2 Å². The van der Waals surface area contributed by atoms with Crippen molar-refractivity contribution in [1.29, 1.82) is 0 Å². The molecule has 17 heavy (non-hydrogen) atoms. The van der Waals surface area contributed by atoms with Crippen molar-refractivity contribution in [2.75, 3.05) is 13.2 Å². The fourth-order valence-electron chi connectivity index (χ4n) is 1.84. The Labute approximate surface area is 98.6 Å². The number of benzene rings is 1. The van der Waals surface area contributed by atoms with Crippen LogP contribution in [-0.2, 0) is 11.2 Å². The van der Waals surface area contributed by atoms with Crippen molar-refractivity contribution in [3.63, 3.8) is 0 Å². The van der Waals surface area contributed by atoms with E-state index in [2.05, 4.69) is 0 Å². The maximum absolute atomic E-state index is 10.8. The van der Waals surface area contributed by atoms with Crippen LogP contribution in [0.15, 0.2) is 12.1 Å². The third-order valence-corrected chi connectivity index (χ3v) is 2.71. The molecule has 92 valence electrons. The van der Waals surface area contributed by atoms with Crippen molar-refractivity contribution in [2.24, 2.45) is 0 Å². The molecule has 1 aliphatic rings. The van der Waals surface area contributed by atoms with Gasteiger partial charge < -0.3 is 19.7 Å². The van der Waals surface area contributed by atoms with Crippen LogP contribution in [0.2, 0.25) is 0 Å². The first-order valence-electron chi connectivity index (χ1n) is 5.46. The van der Waals surface area contributed by atoms with Gasteiger partial charge in [-0.25, -0.2) is 4.79 Å². The van der Waals surface area contributed by atoms with Gasteiger partial charge in [-0.3, -0.25) is 0 Å². The number of rotatable bonds is 3. The van der Waals surface area contributed by atoms with Gasteiger partial charge in [0.2, 0.25) is 0 Å². The van der Waals surface area contributed by atoms with Crippen molar-refractivity contribution in [2.45, 2.75) is 19.4 Å². The SMILES string of the molecule is CCc1cc2c(cc1C(O)C(=O)O)OCCO2. The fourth-order valence-corrected chi connectivity index (χ4v) is 1.84. The number of carbonyl (C=O) groups is 1. The molecule has 0 aromatic heterocycles. The summed E-state index contributed by atoms with van der Waals surface area (Å²) in [5, 5.41) is 18.5. The third kappa shape index (κ3) is 2.19. The highest BCUT2D eigenvalue weighted by molar-refractivity contribution is 5.75. The van der Waals surface area contributed by atoms with E-state index >= 15 is 0 Å². The highest BCUT2D eigenvalue weighted by Gasteiger charge is 2.23. The maximum atomic E-state index is 10.8. The normalized spacial score (nSPS) is 15.4. The van der Waals surface area contributed by atoms with E-state index in [-0.39, 0.29) is 0 Å². The van der Waals surface area contributed by atoms with Crippen LogP contribution in [-0.4, -0.2) is 29.4 Å². The summed E-state index contributed by atoms with van der Waals surface area (Å²) < 4.78 is 10.8. The monoisotopic (exact) mass is 238 g/mol. The van der Waals surface area contributed by atoms with Crippen LogP contribution in [0.5, 0.6) is 11.5 Å². The second-order valence-electron chi connectivity index (χ2n) is 3.79. The van der Waals surface area contributed by atoms with Gasteiger partial charge in [0, 0.05) is 0 Å². The lowest BCUT2D eigenvalue weighted by Crippen LogP contribution is -2.18. The summed E-state index contributed by atoms with van der Waals surface area (Å²) in [5.41, 5.74) is 1.12. The maximum Gasteiger partial charge on any atom is 0.337 e. The summed E-state index contributed by atoms with van der Waals surface area (Å²) in [6, 6.07) is 3.28. The number of hydrogen-bond acceptors (Lipinski definition) is 4. The largest absolute Gasteiger partial charge is 0.486 e. The average Bonchev–Trinajstić information content (AvgIpc) is 2.36. The van der Waals surface area contributed by atoms with Crippen LogP contribution in [0.25, 0.3) is 0 Å². The first-order chi connectivity index (χ1) is 8.13. The summed E-state index contributed by atoms with van der Waals surface area (Å²) in [4.78, 5) is 10.8. The smallest absolute Gasteiger partial charge is 0.337 e. The molecule has 0 amide bonds. The predicted molar refractivity (Wildman–Crippen MR) is 59.4 cm³/mol. The van der Waals surface area contributed by atoms with Crippen molar-refractivity contribution in [3.8, 4) is 11.5 Å². The highest BCUT2D eigenvalue weighted by Crippen LogP contribution is 2.35. The van der Waals surface area contributed by atoms with Crippen LogP contribution in [0.3, 0.4) is 0 Å². The predicted octanol–water partition coefficient (Wildman–Crippen LogP) is 1.14. The summed E-state index contributed by atoms with van der Waals surface area (Å²) >= 11 is 0. The van der Waals surface area contributed by atoms with E-state index in [1.54, 1.807) is 12.1 Å². The molecule has 1 atom stereocenters. The average molecular weight is 238 g/mol. The molecule has 2 rings (SSSR count). The van der Waals surface area contributed by atoms with Gasteiger partial charge in [0.15, 0.2) is 17.6 Å². The summed E-state index contributed by atoms with van der Waals surface area (Å²) in [7, 11) is 0. The number of fused-ring (bicyclic) bond motifs is 1. The lowest BCUT2D eigenvalue weighted by atomic mass is 9.99. The van der Waals surface area contributed by atoms with Crippen molar-refractivity contribution >= 4 is 5.97 Å². The number of aliphatic carboxylic acids is 1. The van der Waals surface area contributed by atoms with Gasteiger partial charge in [-0.2, -0.15) is 0 Å². The molecule has 0 saturated carbocycles. The molecule has 0 spiro atoms. The Hall–Kier alpha value is -1.75. The zero-order valence-corrected chi connectivity index (χ0v) is 9.47. The van der Waals surface area contributed by atoms with Crippen LogP contribution in [0.4, 0.5) is 0 Å². The Bertz CT molecular complexity index is 441. The van der Waals surface area contributed by atoms with Gasteiger partial charge >= 0.3 is 5.97 Å². The number of ether oxygens (including phenoxy) is 2. The van der Waals surface area contributed by atoms with Gasteiger partial charge in [-0.15, -0.1) is 0 Å². The van der Waals surface area contributed by atoms with Gasteiger partial charge in [-0.1, -0.05) is 6.92 Å². The minimum atomic E-state index is -1.53. The second kappa shape index (κ2) is 4.63. The number of hydrogen-bond donors (Lipinski definition) is 2. The van der Waals surface area contributed by atoms with Crippen LogP contribution in [0, 0.1) is 0 Å². The number of aryl methyl sites for hydroxylation is 1. The highest BCUT2D eigenvalue weighted by atomic mass is 16.6. The van der Waals surface area contributed by atoms with E-state index in [4.69, 9.17) is 14.6 Å². The molecule has 0 fully saturated rings. The molecule has 0 saturated heterocycles. The third-order valence-electron chi connectivity index (χ3n) is 2.71. The number of carboxylic acids is 1. The van der Waals surface area contributed by atoms with E-state index in [1.165, 1.54) is 0 Å². The Morgan fingerprint density at radius 1 is 1.35 bits per heavy atom. The molecule has 0 bridgehead atoms. The molecule has 1 heterocycles. The Balaban J connectivity index is 2.46. The number of aliphatic hydroxyl groups is 1. The molecule has 1 aromatic carbocycles. The lowest BCUT2D eigenvalue weighted by Gasteiger charge is -2.21. The number of aliphatic hydroxyl groups excluding tert-OH is 1. The molecule has 1 aliphatic heterocycles. The molecule has 5 nitrogen and oxygen atoms in total. The van der Waals surface area contributed by atoms with Gasteiger partial charge in [0.05, 0.1) is 0 Å². The quantitative estimate of drug-likeness (QED) is 0.825. The van der Waals surface area contributed by atoms with Crippen molar-refractivity contribution in [3.05, 3.63) is 23.3 Å². The van der Waals surface area contributed by atoms with E-state index in [0.29, 0.717) is 36.7 Å². The molecule has 1 unspecified atom stereocenters. The van der Waals surface area contributed by atoms with Crippen LogP contribution in [0.1, 0.15) is 24.2 Å². The minimum Gasteiger partial charge on any atom is -0.486 e. The molecule has 2 N–H and O–H groups in total. The van der Waals surface area contributed by atoms with E-state index in [0.717, 1.165) is 5.56 Å². The summed E-state index contributed by atoms with van der Waals surface area (Å²) in [5.74, 6) is -0.172. The number of carboxylic acid groups (broad SMARTS) is 1. The summed E-state index contributed by atoms with van der Waals surface area (Å²) in [6.45, 7) is 2.81. The minimum absolute atomic E-state index is 0.365. The fraction of sp³-hybridized carbons (Fsp3) is 0.417. The van der Waals surface area contributed by atoms with Crippen molar-refractivity contribution in [1.82, 2.24) is 0 Å². The first kappa shape index (κ1) is 11.7. The zero-order chi connectivity index (χ0) is 12.4. The topological polar surface area (TPSA) is 76.0 Å². The molecular weight excluding hydrogens is 224 g/mol. The van der Waals surface area contributed by atoms with Gasteiger partial charge in [-0.05, 0) is 29.7 Å².